The van der Waals surface area contributed by atoms with E-state index < -0.39 is 4.92 Å². The maximum absolute atomic E-state index is 11.2. The van der Waals surface area contributed by atoms with E-state index in [2.05, 4.69) is 9.97 Å². The van der Waals surface area contributed by atoms with Crippen molar-refractivity contribution in [2.75, 3.05) is 14.2 Å². The van der Waals surface area contributed by atoms with Crippen molar-refractivity contribution >= 4 is 5.69 Å². The topological polar surface area (TPSA) is 87.4 Å². The minimum absolute atomic E-state index is 0.0657. The summed E-state index contributed by atoms with van der Waals surface area (Å²) >= 11 is 0. The van der Waals surface area contributed by atoms with Crippen LogP contribution in [0.2, 0.25) is 0 Å². The van der Waals surface area contributed by atoms with E-state index in [4.69, 9.17) is 9.47 Å². The molecule has 3 rings (SSSR count). The van der Waals surface area contributed by atoms with E-state index in [1.165, 1.54) is 19.5 Å². The third-order valence-corrected chi connectivity index (χ3v) is 3.93. The van der Waals surface area contributed by atoms with Gasteiger partial charge in [-0.2, -0.15) is 0 Å². The van der Waals surface area contributed by atoms with Gasteiger partial charge < -0.3 is 9.47 Å². The predicted octanol–water partition coefficient (Wildman–Crippen LogP) is 3.66. The van der Waals surface area contributed by atoms with Gasteiger partial charge in [-0.25, -0.2) is 9.97 Å². The van der Waals surface area contributed by atoms with Crippen LogP contribution < -0.4 is 9.47 Å². The Morgan fingerprint density at radius 1 is 1.00 bits per heavy atom. The van der Waals surface area contributed by atoms with Gasteiger partial charge in [-0.15, -0.1) is 0 Å². The number of hydrogen-bond acceptors (Lipinski definition) is 6. The number of ether oxygens (including phenoxy) is 2. The molecule has 3 aromatic rings. The number of para-hydroxylation sites is 1. The molecule has 0 aliphatic carbocycles. The molecule has 0 saturated heterocycles. The molecule has 0 amide bonds. The normalized spacial score (nSPS) is 10.4. The van der Waals surface area contributed by atoms with Crippen molar-refractivity contribution in [2.45, 2.75) is 6.42 Å². The molecule has 0 bridgehead atoms. The standard InChI is InChI=1S/C19H17N3O4/c1-25-18-6-4-3-5-15(18)16-11-14(20-12-21-16)9-13-7-8-19(26-2)17(10-13)22(23)24/h3-8,10-12H,9H2,1-2H3. The van der Waals surface area contributed by atoms with Gasteiger partial charge in [-0.3, -0.25) is 10.1 Å². The van der Waals surface area contributed by atoms with Crippen molar-refractivity contribution in [2.24, 2.45) is 0 Å². The van der Waals surface area contributed by atoms with E-state index in [1.54, 1.807) is 19.2 Å². The van der Waals surface area contributed by atoms with Crippen LogP contribution in [0.25, 0.3) is 11.3 Å². The van der Waals surface area contributed by atoms with Gasteiger partial charge in [0.25, 0.3) is 0 Å². The molecule has 0 radical (unpaired) electrons. The van der Waals surface area contributed by atoms with Crippen LogP contribution in [-0.4, -0.2) is 29.1 Å². The van der Waals surface area contributed by atoms with E-state index >= 15 is 0 Å². The van der Waals surface area contributed by atoms with Gasteiger partial charge in [-0.05, 0) is 29.8 Å². The average molecular weight is 351 g/mol. The fourth-order valence-electron chi connectivity index (χ4n) is 2.70. The second-order valence-corrected chi connectivity index (χ2v) is 5.53. The summed E-state index contributed by atoms with van der Waals surface area (Å²) in [5, 5.41) is 11.2. The first-order valence-corrected chi connectivity index (χ1v) is 7.88. The summed E-state index contributed by atoms with van der Waals surface area (Å²) in [6.07, 6.45) is 1.92. The number of nitro groups is 1. The van der Waals surface area contributed by atoms with Gasteiger partial charge in [0, 0.05) is 23.7 Å². The van der Waals surface area contributed by atoms with Gasteiger partial charge in [0.05, 0.1) is 24.8 Å². The van der Waals surface area contributed by atoms with Crippen LogP contribution in [0.3, 0.4) is 0 Å². The summed E-state index contributed by atoms with van der Waals surface area (Å²) in [4.78, 5) is 19.3. The van der Waals surface area contributed by atoms with E-state index in [9.17, 15) is 10.1 Å². The van der Waals surface area contributed by atoms with Crippen LogP contribution in [0.1, 0.15) is 11.3 Å². The van der Waals surface area contributed by atoms with Crippen molar-refractivity contribution in [1.82, 2.24) is 9.97 Å². The van der Waals surface area contributed by atoms with Crippen molar-refractivity contribution in [3.05, 3.63) is 76.2 Å². The lowest BCUT2D eigenvalue weighted by Gasteiger charge is -2.09. The van der Waals surface area contributed by atoms with Crippen molar-refractivity contribution in [1.29, 1.82) is 0 Å². The molecule has 0 fully saturated rings. The number of methoxy groups -OCH3 is 2. The Kier molecular flexibility index (Phi) is 5.07. The lowest BCUT2D eigenvalue weighted by Crippen LogP contribution is -1.98. The third-order valence-electron chi connectivity index (χ3n) is 3.93. The lowest BCUT2D eigenvalue weighted by atomic mass is 10.1. The third kappa shape index (κ3) is 3.61. The van der Waals surface area contributed by atoms with Crippen LogP contribution in [0, 0.1) is 10.1 Å². The number of benzene rings is 2. The first kappa shape index (κ1) is 17.3. The van der Waals surface area contributed by atoms with Crippen LogP contribution in [0.5, 0.6) is 11.5 Å². The summed E-state index contributed by atoms with van der Waals surface area (Å²) in [7, 11) is 3.02. The minimum Gasteiger partial charge on any atom is -0.496 e. The van der Waals surface area contributed by atoms with E-state index in [0.717, 1.165) is 28.3 Å². The summed E-state index contributed by atoms with van der Waals surface area (Å²) < 4.78 is 10.4. The Bertz CT molecular complexity index is 944. The van der Waals surface area contributed by atoms with Crippen molar-refractivity contribution in [3.63, 3.8) is 0 Å². The molecule has 7 nitrogen and oxygen atoms in total. The molecule has 0 spiro atoms. The van der Waals surface area contributed by atoms with Crippen LogP contribution in [0.15, 0.2) is 54.9 Å². The highest BCUT2D eigenvalue weighted by molar-refractivity contribution is 5.67. The Morgan fingerprint density at radius 2 is 1.77 bits per heavy atom. The van der Waals surface area contributed by atoms with Gasteiger partial charge in [0.15, 0.2) is 5.75 Å². The summed E-state index contributed by atoms with van der Waals surface area (Å²) in [5.41, 5.74) is 3.04. The lowest BCUT2D eigenvalue weighted by molar-refractivity contribution is -0.385. The number of aromatic nitrogens is 2. The zero-order valence-electron chi connectivity index (χ0n) is 14.4. The number of nitrogens with zero attached hydrogens (tertiary/aromatic N) is 3. The highest BCUT2D eigenvalue weighted by Crippen LogP contribution is 2.30. The second kappa shape index (κ2) is 7.60. The number of nitro benzene ring substituents is 1. The zero-order valence-corrected chi connectivity index (χ0v) is 14.4. The monoisotopic (exact) mass is 351 g/mol. The number of hydrogen-bond donors (Lipinski definition) is 0. The Morgan fingerprint density at radius 3 is 2.50 bits per heavy atom. The van der Waals surface area contributed by atoms with Crippen LogP contribution in [-0.2, 0) is 6.42 Å². The fourth-order valence-corrected chi connectivity index (χ4v) is 2.70. The largest absolute Gasteiger partial charge is 0.496 e. The molecular formula is C19H17N3O4. The van der Waals surface area contributed by atoms with Crippen LogP contribution >= 0.6 is 0 Å². The molecule has 1 aromatic heterocycles. The molecule has 0 unspecified atom stereocenters. The molecule has 1 heterocycles. The second-order valence-electron chi connectivity index (χ2n) is 5.53. The maximum Gasteiger partial charge on any atom is 0.311 e. The Labute approximate surface area is 150 Å². The van der Waals surface area contributed by atoms with Crippen LogP contribution in [0.4, 0.5) is 5.69 Å². The molecule has 2 aromatic carbocycles. The Balaban J connectivity index is 1.92. The maximum atomic E-state index is 11.2. The molecule has 0 saturated carbocycles. The zero-order chi connectivity index (χ0) is 18.5. The molecule has 7 heteroatoms. The summed E-state index contributed by atoms with van der Waals surface area (Å²) in [6.45, 7) is 0. The fraction of sp³-hybridized carbons (Fsp3) is 0.158. The molecule has 0 N–H and O–H groups in total. The first-order valence-electron chi connectivity index (χ1n) is 7.88. The molecule has 0 atom stereocenters. The molecule has 26 heavy (non-hydrogen) atoms. The summed E-state index contributed by atoms with van der Waals surface area (Å²) in [5.74, 6) is 0.952. The molecule has 0 aliphatic heterocycles. The quantitative estimate of drug-likeness (QED) is 0.497. The molecule has 132 valence electrons. The van der Waals surface area contributed by atoms with Gasteiger partial charge in [0.1, 0.15) is 12.1 Å². The van der Waals surface area contributed by atoms with E-state index in [1.807, 2.05) is 30.3 Å². The van der Waals surface area contributed by atoms with E-state index in [0.29, 0.717) is 6.42 Å². The predicted molar refractivity (Wildman–Crippen MR) is 96.5 cm³/mol. The summed E-state index contributed by atoms with van der Waals surface area (Å²) in [6, 6.07) is 14.3. The van der Waals surface area contributed by atoms with Gasteiger partial charge in [-0.1, -0.05) is 18.2 Å². The van der Waals surface area contributed by atoms with Gasteiger partial charge >= 0.3 is 5.69 Å². The van der Waals surface area contributed by atoms with Crippen molar-refractivity contribution in [3.8, 4) is 22.8 Å². The average Bonchev–Trinajstić information content (AvgIpc) is 2.68. The highest BCUT2D eigenvalue weighted by atomic mass is 16.6. The minimum atomic E-state index is -0.456. The van der Waals surface area contributed by atoms with E-state index in [-0.39, 0.29) is 11.4 Å². The van der Waals surface area contributed by atoms with Gasteiger partial charge in [0.2, 0.25) is 0 Å². The highest BCUT2D eigenvalue weighted by Gasteiger charge is 2.16. The smallest absolute Gasteiger partial charge is 0.311 e. The Hall–Kier alpha value is -3.48. The molecule has 0 aliphatic rings. The SMILES string of the molecule is COc1ccccc1-c1cc(Cc2ccc(OC)c([N+](=O)[O-])c2)ncn1. The number of rotatable bonds is 6. The van der Waals surface area contributed by atoms with Crippen molar-refractivity contribution < 1.29 is 14.4 Å². The first-order chi connectivity index (χ1) is 12.6. The molecular weight excluding hydrogens is 334 g/mol.